The average molecular weight is 693 g/mol. The molecule has 0 aliphatic rings. The van der Waals surface area contributed by atoms with E-state index < -0.39 is 0 Å². The maximum absolute atomic E-state index is 10.6. The van der Waals surface area contributed by atoms with Crippen molar-refractivity contribution in [2.45, 2.75) is 0 Å². The Bertz CT molecular complexity index is 3190. The fraction of sp³-hybridized carbons (Fsp3) is 0. The summed E-state index contributed by atoms with van der Waals surface area (Å²) in [6.07, 6.45) is 0. The van der Waals surface area contributed by atoms with Gasteiger partial charge in [-0.1, -0.05) is 121 Å². The van der Waals surface area contributed by atoms with E-state index in [2.05, 4.69) is 156 Å². The Morgan fingerprint density at radius 1 is 0.453 bits per heavy atom. The molecule has 0 spiro atoms. The molecule has 0 N–H and O–H groups in total. The van der Waals surface area contributed by atoms with Crippen molar-refractivity contribution in [1.82, 2.24) is 4.57 Å². The van der Waals surface area contributed by atoms with Crippen LogP contribution in [0.5, 0.6) is 0 Å². The van der Waals surface area contributed by atoms with Gasteiger partial charge in [-0.15, -0.1) is 11.3 Å². The smallest absolute Gasteiger partial charge is 0.143 e. The Morgan fingerprint density at radius 2 is 1.06 bits per heavy atom. The zero-order valence-corrected chi connectivity index (χ0v) is 29.2. The van der Waals surface area contributed by atoms with Gasteiger partial charge in [0, 0.05) is 37.9 Å². The molecule has 11 rings (SSSR count). The molecule has 4 heteroatoms. The van der Waals surface area contributed by atoms with E-state index in [9.17, 15) is 5.26 Å². The van der Waals surface area contributed by atoms with Crippen LogP contribution in [0.2, 0.25) is 0 Å². The molecule has 53 heavy (non-hydrogen) atoms. The molecule has 3 heterocycles. The Morgan fingerprint density at radius 3 is 1.75 bits per heavy atom. The number of hydrogen-bond acceptors (Lipinski definition) is 3. The molecule has 8 aromatic carbocycles. The first-order valence-corrected chi connectivity index (χ1v) is 18.5. The fourth-order valence-electron chi connectivity index (χ4n) is 8.18. The third-order valence-electron chi connectivity index (χ3n) is 10.6. The predicted molar refractivity (Wildman–Crippen MR) is 222 cm³/mol. The monoisotopic (exact) mass is 692 g/mol. The number of nitriles is 1. The van der Waals surface area contributed by atoms with Gasteiger partial charge < -0.3 is 8.98 Å². The summed E-state index contributed by atoms with van der Waals surface area (Å²) in [5, 5.41) is 17.4. The van der Waals surface area contributed by atoms with E-state index in [1.54, 1.807) is 11.3 Å². The van der Waals surface area contributed by atoms with Crippen LogP contribution >= 0.6 is 11.3 Å². The highest BCUT2D eigenvalue weighted by Gasteiger charge is 2.21. The van der Waals surface area contributed by atoms with Gasteiger partial charge in [0.05, 0.1) is 31.7 Å². The van der Waals surface area contributed by atoms with E-state index in [0.717, 1.165) is 70.0 Å². The molecular weight excluding hydrogens is 665 g/mol. The average Bonchev–Trinajstić information content (AvgIpc) is 3.90. The van der Waals surface area contributed by atoms with Gasteiger partial charge in [-0.3, -0.25) is 0 Å². The number of hydrogen-bond donors (Lipinski definition) is 0. The first-order chi connectivity index (χ1) is 26.2. The summed E-state index contributed by atoms with van der Waals surface area (Å²) in [6.45, 7) is 0. The number of rotatable bonds is 4. The lowest BCUT2D eigenvalue weighted by atomic mass is 9.98. The number of thiophene rings is 1. The van der Waals surface area contributed by atoms with E-state index in [4.69, 9.17) is 4.42 Å². The highest BCUT2D eigenvalue weighted by molar-refractivity contribution is 7.26. The zero-order valence-electron chi connectivity index (χ0n) is 28.4. The van der Waals surface area contributed by atoms with Crippen molar-refractivity contribution in [1.29, 1.82) is 5.26 Å². The lowest BCUT2D eigenvalue weighted by Gasteiger charge is -2.10. The lowest BCUT2D eigenvalue weighted by molar-refractivity contribution is 0.670. The fourth-order valence-corrected chi connectivity index (χ4v) is 9.43. The first kappa shape index (κ1) is 29.8. The van der Waals surface area contributed by atoms with E-state index in [1.165, 1.54) is 33.0 Å². The third-order valence-corrected chi connectivity index (χ3v) is 11.9. The van der Waals surface area contributed by atoms with Crippen LogP contribution in [0, 0.1) is 11.3 Å². The molecule has 3 nitrogen and oxygen atoms in total. The van der Waals surface area contributed by atoms with Crippen LogP contribution in [0.3, 0.4) is 0 Å². The van der Waals surface area contributed by atoms with Gasteiger partial charge in [-0.2, -0.15) is 5.26 Å². The summed E-state index contributed by atoms with van der Waals surface area (Å²) in [5.41, 5.74) is 12.5. The molecule has 0 fully saturated rings. The predicted octanol–water partition coefficient (Wildman–Crippen LogP) is 13.9. The van der Waals surface area contributed by atoms with E-state index >= 15 is 0 Å². The number of nitrogens with zero attached hydrogens (tertiary/aromatic N) is 2. The van der Waals surface area contributed by atoms with Crippen LogP contribution in [0.25, 0.3) is 103 Å². The highest BCUT2D eigenvalue weighted by atomic mass is 32.1. The summed E-state index contributed by atoms with van der Waals surface area (Å²) in [6, 6.07) is 62.6. The lowest BCUT2D eigenvalue weighted by Crippen LogP contribution is -1.94. The maximum Gasteiger partial charge on any atom is 0.143 e. The summed E-state index contributed by atoms with van der Waals surface area (Å²) in [7, 11) is 0. The van der Waals surface area contributed by atoms with Gasteiger partial charge in [0.25, 0.3) is 0 Å². The second-order valence-corrected chi connectivity index (χ2v) is 14.6. The van der Waals surface area contributed by atoms with Gasteiger partial charge in [-0.05, 0) is 76.3 Å². The summed E-state index contributed by atoms with van der Waals surface area (Å²) < 4.78 is 11.0. The van der Waals surface area contributed by atoms with Crippen LogP contribution < -0.4 is 0 Å². The normalized spacial score (nSPS) is 11.8. The molecule has 0 bridgehead atoms. The molecule has 11 aromatic rings. The van der Waals surface area contributed by atoms with Crippen molar-refractivity contribution in [3.63, 3.8) is 0 Å². The summed E-state index contributed by atoms with van der Waals surface area (Å²) in [5.74, 6) is 0. The Hall–Kier alpha value is -6.93. The number of furan rings is 1. The Balaban J connectivity index is 1.17. The SMILES string of the molecule is N#Cc1cc(-c2cccc3c2oc2ccccc23)cc2c1sc1c(-n3c4ccc(-c5ccccc5)cc4c4cc(-c5ccccc5)ccc43)cccc12. The van der Waals surface area contributed by atoms with Crippen LogP contribution in [-0.2, 0) is 0 Å². The molecule has 0 atom stereocenters. The minimum absolute atomic E-state index is 0.667. The third kappa shape index (κ3) is 4.52. The van der Waals surface area contributed by atoms with Gasteiger partial charge >= 0.3 is 0 Å². The van der Waals surface area contributed by atoms with Crippen molar-refractivity contribution in [2.75, 3.05) is 0 Å². The molecule has 0 aliphatic heterocycles. The molecule has 0 saturated carbocycles. The van der Waals surface area contributed by atoms with Crippen molar-refractivity contribution >= 4 is 75.3 Å². The number of benzene rings is 8. The topological polar surface area (TPSA) is 41.9 Å². The first-order valence-electron chi connectivity index (χ1n) is 17.7. The van der Waals surface area contributed by atoms with Crippen molar-refractivity contribution in [3.05, 3.63) is 175 Å². The number of para-hydroxylation sites is 2. The molecular formula is C49H28N2OS. The quantitative estimate of drug-likeness (QED) is 0.184. The van der Waals surface area contributed by atoms with Crippen molar-refractivity contribution in [2.24, 2.45) is 0 Å². The summed E-state index contributed by atoms with van der Waals surface area (Å²) >= 11 is 1.70. The summed E-state index contributed by atoms with van der Waals surface area (Å²) in [4.78, 5) is 0. The second kappa shape index (κ2) is 11.5. The van der Waals surface area contributed by atoms with Crippen LogP contribution in [0.15, 0.2) is 174 Å². The van der Waals surface area contributed by atoms with Gasteiger partial charge in [0.2, 0.25) is 0 Å². The Kier molecular flexibility index (Phi) is 6.48. The van der Waals surface area contributed by atoms with Crippen LogP contribution in [0.4, 0.5) is 0 Å². The van der Waals surface area contributed by atoms with Gasteiger partial charge in [0.15, 0.2) is 0 Å². The number of aromatic nitrogens is 1. The van der Waals surface area contributed by atoms with E-state index in [0.29, 0.717) is 5.56 Å². The molecule has 3 aromatic heterocycles. The zero-order chi connectivity index (χ0) is 35.0. The molecule has 246 valence electrons. The largest absolute Gasteiger partial charge is 0.455 e. The number of fused-ring (bicyclic) bond motifs is 9. The van der Waals surface area contributed by atoms with E-state index in [1.807, 2.05) is 24.3 Å². The highest BCUT2D eigenvalue weighted by Crippen LogP contribution is 2.45. The van der Waals surface area contributed by atoms with Gasteiger partial charge in [0.1, 0.15) is 17.2 Å². The van der Waals surface area contributed by atoms with Crippen molar-refractivity contribution in [3.8, 4) is 45.1 Å². The molecule has 0 saturated heterocycles. The molecule has 0 amide bonds. The van der Waals surface area contributed by atoms with Crippen molar-refractivity contribution < 1.29 is 4.42 Å². The second-order valence-electron chi connectivity index (χ2n) is 13.6. The van der Waals surface area contributed by atoms with Gasteiger partial charge in [-0.25, -0.2) is 0 Å². The minimum atomic E-state index is 0.667. The van der Waals surface area contributed by atoms with E-state index in [-0.39, 0.29) is 0 Å². The van der Waals surface area contributed by atoms with Crippen LogP contribution in [0.1, 0.15) is 5.56 Å². The maximum atomic E-state index is 10.6. The van der Waals surface area contributed by atoms with Crippen LogP contribution in [-0.4, -0.2) is 4.57 Å². The molecule has 0 unspecified atom stereocenters. The molecule has 0 aliphatic carbocycles. The minimum Gasteiger partial charge on any atom is -0.455 e. The molecule has 0 radical (unpaired) electrons. The Labute approximate surface area is 308 Å². The standard InChI is InChI=1S/C49H28N2OS/c50-29-35-25-34(36-16-9-17-38-37-15-7-8-20-46(37)52-47(36)38)28-42-39-18-10-19-45(49(39)53-48(35)42)51-43-23-21-32(30-11-3-1-4-12-30)26-40(43)41-27-33(22-24-44(41)51)31-13-5-2-6-14-31/h1-28H.